The van der Waals surface area contributed by atoms with Gasteiger partial charge in [-0.1, -0.05) is 0 Å². The van der Waals surface area contributed by atoms with Gasteiger partial charge in [-0.25, -0.2) is 4.39 Å². The Labute approximate surface area is 67.6 Å². The molecule has 0 aliphatic carbocycles. The lowest BCUT2D eigenvalue weighted by Gasteiger charge is -2.30. The lowest BCUT2D eigenvalue weighted by molar-refractivity contribution is 0.166. The second-order valence-electron chi connectivity index (χ2n) is 3.42. The van der Waals surface area contributed by atoms with Gasteiger partial charge in [0.2, 0.25) is 0 Å². The Morgan fingerprint density at radius 2 is 2.09 bits per heavy atom. The number of likely N-dealkylation sites (tertiary alicyclic amines) is 1. The van der Waals surface area contributed by atoms with Gasteiger partial charge >= 0.3 is 0 Å². The summed E-state index contributed by atoms with van der Waals surface area (Å²) in [7, 11) is 0. The van der Waals surface area contributed by atoms with E-state index in [1.165, 1.54) is 0 Å². The standard InChI is InChI=1S/C8H17FN2/c1-7(9)6-11-4-2-8(10)3-5-11/h7-8H,2-6,10H2,1H3/t7-/m1/s1. The van der Waals surface area contributed by atoms with E-state index in [0.29, 0.717) is 12.6 Å². The van der Waals surface area contributed by atoms with Gasteiger partial charge in [0.05, 0.1) is 0 Å². The number of nitrogens with zero attached hydrogens (tertiary/aromatic N) is 1. The summed E-state index contributed by atoms with van der Waals surface area (Å²) < 4.78 is 12.5. The van der Waals surface area contributed by atoms with Crippen LogP contribution in [0.25, 0.3) is 0 Å². The van der Waals surface area contributed by atoms with E-state index in [-0.39, 0.29) is 0 Å². The Kier molecular flexibility index (Phi) is 3.27. The van der Waals surface area contributed by atoms with E-state index < -0.39 is 6.17 Å². The summed E-state index contributed by atoms with van der Waals surface area (Å²) in [6.07, 6.45) is 1.34. The number of piperidine rings is 1. The van der Waals surface area contributed by atoms with Crippen LogP contribution in [-0.2, 0) is 0 Å². The molecule has 3 heteroatoms. The summed E-state index contributed by atoms with van der Waals surface area (Å²) in [6, 6.07) is 0.348. The van der Waals surface area contributed by atoms with Crippen molar-refractivity contribution in [1.29, 1.82) is 0 Å². The third-order valence-electron chi connectivity index (χ3n) is 2.14. The van der Waals surface area contributed by atoms with Gasteiger partial charge in [-0.2, -0.15) is 0 Å². The van der Waals surface area contributed by atoms with E-state index in [1.807, 2.05) is 0 Å². The Hall–Kier alpha value is -0.150. The summed E-state index contributed by atoms with van der Waals surface area (Å²) in [5.74, 6) is 0. The minimum Gasteiger partial charge on any atom is -0.328 e. The van der Waals surface area contributed by atoms with Gasteiger partial charge in [-0.05, 0) is 32.9 Å². The Morgan fingerprint density at radius 1 is 1.55 bits per heavy atom. The topological polar surface area (TPSA) is 29.3 Å². The zero-order chi connectivity index (χ0) is 8.27. The minimum absolute atomic E-state index is 0.348. The van der Waals surface area contributed by atoms with Crippen molar-refractivity contribution in [3.05, 3.63) is 0 Å². The molecular weight excluding hydrogens is 143 g/mol. The van der Waals surface area contributed by atoms with Crippen LogP contribution < -0.4 is 5.73 Å². The minimum atomic E-state index is -0.704. The van der Waals surface area contributed by atoms with Crippen LogP contribution in [0.1, 0.15) is 19.8 Å². The predicted molar refractivity (Wildman–Crippen MR) is 44.2 cm³/mol. The molecule has 1 fully saturated rings. The highest BCUT2D eigenvalue weighted by Crippen LogP contribution is 2.08. The maximum atomic E-state index is 12.5. The Balaban J connectivity index is 2.17. The SMILES string of the molecule is C[C@@H](F)CN1CCC(N)CC1. The van der Waals surface area contributed by atoms with Gasteiger partial charge in [0.15, 0.2) is 0 Å². The van der Waals surface area contributed by atoms with Gasteiger partial charge < -0.3 is 10.6 Å². The third kappa shape index (κ3) is 3.16. The van der Waals surface area contributed by atoms with Crippen molar-refractivity contribution in [1.82, 2.24) is 4.90 Å². The first-order valence-electron chi connectivity index (χ1n) is 4.30. The number of nitrogens with two attached hydrogens (primary N) is 1. The Morgan fingerprint density at radius 3 is 2.55 bits per heavy atom. The third-order valence-corrected chi connectivity index (χ3v) is 2.14. The highest BCUT2D eigenvalue weighted by Gasteiger charge is 2.16. The first kappa shape index (κ1) is 8.94. The van der Waals surface area contributed by atoms with E-state index in [2.05, 4.69) is 4.90 Å². The average molecular weight is 160 g/mol. The molecule has 11 heavy (non-hydrogen) atoms. The van der Waals surface area contributed by atoms with Gasteiger partial charge in [-0.3, -0.25) is 0 Å². The number of rotatable bonds is 2. The van der Waals surface area contributed by atoms with Crippen molar-refractivity contribution in [2.24, 2.45) is 5.73 Å². The lowest BCUT2D eigenvalue weighted by atomic mass is 10.1. The van der Waals surface area contributed by atoms with Crippen LogP contribution >= 0.6 is 0 Å². The van der Waals surface area contributed by atoms with Crippen LogP contribution in [0.3, 0.4) is 0 Å². The second kappa shape index (κ2) is 4.02. The van der Waals surface area contributed by atoms with Crippen molar-refractivity contribution >= 4 is 0 Å². The van der Waals surface area contributed by atoms with Crippen molar-refractivity contribution in [3.8, 4) is 0 Å². The normalized spacial score (nSPS) is 25.4. The number of halogens is 1. The summed E-state index contributed by atoms with van der Waals surface area (Å²) >= 11 is 0. The zero-order valence-electron chi connectivity index (χ0n) is 7.09. The van der Waals surface area contributed by atoms with E-state index in [4.69, 9.17) is 5.73 Å². The molecule has 1 aliphatic rings. The number of hydrogen-bond donors (Lipinski definition) is 1. The second-order valence-corrected chi connectivity index (χ2v) is 3.42. The van der Waals surface area contributed by atoms with E-state index in [0.717, 1.165) is 25.9 Å². The molecule has 0 saturated carbocycles. The van der Waals surface area contributed by atoms with Crippen LogP contribution in [0, 0.1) is 0 Å². The van der Waals surface area contributed by atoms with Crippen molar-refractivity contribution < 1.29 is 4.39 Å². The van der Waals surface area contributed by atoms with Gasteiger partial charge in [0, 0.05) is 12.6 Å². The fourth-order valence-electron chi connectivity index (χ4n) is 1.49. The van der Waals surface area contributed by atoms with Gasteiger partial charge in [0.25, 0.3) is 0 Å². The van der Waals surface area contributed by atoms with Crippen LogP contribution in [0.5, 0.6) is 0 Å². The fraction of sp³-hybridized carbons (Fsp3) is 1.00. The molecule has 0 bridgehead atoms. The maximum Gasteiger partial charge on any atom is 0.110 e. The molecule has 0 aromatic carbocycles. The van der Waals surface area contributed by atoms with Crippen molar-refractivity contribution in [3.63, 3.8) is 0 Å². The number of alkyl halides is 1. The molecule has 0 amide bonds. The summed E-state index contributed by atoms with van der Waals surface area (Å²) in [5, 5.41) is 0. The summed E-state index contributed by atoms with van der Waals surface area (Å²) in [5.41, 5.74) is 5.71. The van der Waals surface area contributed by atoms with E-state index in [9.17, 15) is 4.39 Å². The molecule has 1 rings (SSSR count). The predicted octanol–water partition coefficient (Wildman–Crippen LogP) is 0.767. The monoisotopic (exact) mass is 160 g/mol. The summed E-state index contributed by atoms with van der Waals surface area (Å²) in [4.78, 5) is 2.15. The molecule has 0 aromatic heterocycles. The molecule has 2 N–H and O–H groups in total. The average Bonchev–Trinajstić information content (AvgIpc) is 1.93. The summed E-state index contributed by atoms with van der Waals surface area (Å²) in [6.45, 7) is 4.12. The molecule has 0 unspecified atom stereocenters. The fourth-order valence-corrected chi connectivity index (χ4v) is 1.49. The highest BCUT2D eigenvalue weighted by molar-refractivity contribution is 4.74. The first-order valence-corrected chi connectivity index (χ1v) is 4.30. The quantitative estimate of drug-likeness (QED) is 0.646. The molecular formula is C8H17FN2. The molecule has 0 radical (unpaired) electrons. The largest absolute Gasteiger partial charge is 0.328 e. The molecule has 0 spiro atoms. The smallest absolute Gasteiger partial charge is 0.110 e. The molecule has 66 valence electrons. The number of hydrogen-bond acceptors (Lipinski definition) is 2. The molecule has 1 saturated heterocycles. The maximum absolute atomic E-state index is 12.5. The molecule has 1 atom stereocenters. The van der Waals surface area contributed by atoms with Crippen molar-refractivity contribution in [2.45, 2.75) is 32.0 Å². The van der Waals surface area contributed by atoms with E-state index in [1.54, 1.807) is 6.92 Å². The van der Waals surface area contributed by atoms with Crippen LogP contribution in [0.15, 0.2) is 0 Å². The first-order chi connectivity index (χ1) is 5.18. The van der Waals surface area contributed by atoms with Gasteiger partial charge in [0.1, 0.15) is 6.17 Å². The van der Waals surface area contributed by atoms with Crippen LogP contribution in [-0.4, -0.2) is 36.7 Å². The Bertz CT molecular complexity index is 109. The van der Waals surface area contributed by atoms with Crippen molar-refractivity contribution in [2.75, 3.05) is 19.6 Å². The molecule has 1 heterocycles. The lowest BCUT2D eigenvalue weighted by Crippen LogP contribution is -2.41. The zero-order valence-corrected chi connectivity index (χ0v) is 7.09. The van der Waals surface area contributed by atoms with Crippen LogP contribution in [0.2, 0.25) is 0 Å². The molecule has 1 aliphatic heterocycles. The van der Waals surface area contributed by atoms with Gasteiger partial charge in [-0.15, -0.1) is 0 Å². The van der Waals surface area contributed by atoms with Crippen LogP contribution in [0.4, 0.5) is 4.39 Å². The molecule has 0 aromatic rings. The van der Waals surface area contributed by atoms with E-state index >= 15 is 0 Å². The highest BCUT2D eigenvalue weighted by atomic mass is 19.1. The molecule has 2 nitrogen and oxygen atoms in total.